The zero-order valence-corrected chi connectivity index (χ0v) is 22.9. The second-order valence-electron chi connectivity index (χ2n) is 10.2. The fourth-order valence-corrected chi connectivity index (χ4v) is 4.83. The maximum absolute atomic E-state index is 15.8. The van der Waals surface area contributed by atoms with Crippen LogP contribution >= 0.6 is 0 Å². The molecular formula is C33H44F2O2. The molecule has 0 heterocycles. The summed E-state index contributed by atoms with van der Waals surface area (Å²) in [6.45, 7) is 6.79. The Labute approximate surface area is 222 Å². The van der Waals surface area contributed by atoms with Crippen LogP contribution in [0.3, 0.4) is 0 Å². The molecule has 2 nitrogen and oxygen atoms in total. The molecule has 0 amide bonds. The van der Waals surface area contributed by atoms with Crippen LogP contribution in [-0.2, 0) is 9.47 Å². The van der Waals surface area contributed by atoms with Crippen molar-refractivity contribution in [3.63, 3.8) is 0 Å². The van der Waals surface area contributed by atoms with Crippen molar-refractivity contribution < 1.29 is 18.3 Å². The molecule has 2 aromatic rings. The van der Waals surface area contributed by atoms with Gasteiger partial charge in [0, 0.05) is 11.5 Å². The maximum Gasteiger partial charge on any atom is 0.242 e. The lowest BCUT2D eigenvalue weighted by molar-refractivity contribution is -0.213. The van der Waals surface area contributed by atoms with Gasteiger partial charge in [0.1, 0.15) is 5.82 Å². The van der Waals surface area contributed by atoms with Crippen molar-refractivity contribution in [1.29, 1.82) is 0 Å². The van der Waals surface area contributed by atoms with Crippen LogP contribution in [0.25, 0.3) is 11.1 Å². The smallest absolute Gasteiger partial charge is 0.242 e. The van der Waals surface area contributed by atoms with Gasteiger partial charge in [0.05, 0.1) is 12.7 Å². The normalized spacial score (nSPS) is 20.1. The van der Waals surface area contributed by atoms with Gasteiger partial charge in [0.2, 0.25) is 5.79 Å². The number of benzene rings is 2. The first-order valence-electron chi connectivity index (χ1n) is 14.2. The number of hydrogen-bond acceptors (Lipinski definition) is 2. The molecule has 0 spiro atoms. The largest absolute Gasteiger partial charge is 0.341 e. The van der Waals surface area contributed by atoms with E-state index < -0.39 is 11.6 Å². The maximum atomic E-state index is 15.8. The molecule has 0 saturated heterocycles. The van der Waals surface area contributed by atoms with Crippen LogP contribution < -0.4 is 0 Å². The molecule has 2 aromatic carbocycles. The van der Waals surface area contributed by atoms with E-state index in [0.717, 1.165) is 44.1 Å². The Morgan fingerprint density at radius 2 is 1.57 bits per heavy atom. The van der Waals surface area contributed by atoms with E-state index in [1.165, 1.54) is 37.8 Å². The number of unbranched alkanes of at least 4 members (excludes halogenated alkanes) is 7. The quantitative estimate of drug-likeness (QED) is 0.127. The minimum absolute atomic E-state index is 0.140. The van der Waals surface area contributed by atoms with Gasteiger partial charge in [-0.1, -0.05) is 114 Å². The van der Waals surface area contributed by atoms with E-state index in [1.807, 2.05) is 49.4 Å². The van der Waals surface area contributed by atoms with Gasteiger partial charge in [-0.3, -0.25) is 0 Å². The minimum Gasteiger partial charge on any atom is -0.341 e. The third kappa shape index (κ3) is 8.61. The summed E-state index contributed by atoms with van der Waals surface area (Å²) in [4.78, 5) is 0. The predicted octanol–water partition coefficient (Wildman–Crippen LogP) is 10.1. The molecule has 0 bridgehead atoms. The Balaban J connectivity index is 1.72. The lowest BCUT2D eigenvalue weighted by atomic mass is 9.90. The fourth-order valence-electron chi connectivity index (χ4n) is 4.83. The highest BCUT2D eigenvalue weighted by Gasteiger charge is 2.39. The summed E-state index contributed by atoms with van der Waals surface area (Å²) >= 11 is 0. The van der Waals surface area contributed by atoms with Crippen molar-refractivity contribution in [2.24, 2.45) is 0 Å². The van der Waals surface area contributed by atoms with E-state index in [4.69, 9.17) is 9.47 Å². The fraction of sp³-hybridized carbons (Fsp3) is 0.515. The van der Waals surface area contributed by atoms with Crippen LogP contribution in [0.2, 0.25) is 0 Å². The lowest BCUT2D eigenvalue weighted by Crippen LogP contribution is -2.40. The molecule has 37 heavy (non-hydrogen) atoms. The van der Waals surface area contributed by atoms with Crippen LogP contribution in [0.5, 0.6) is 0 Å². The summed E-state index contributed by atoms with van der Waals surface area (Å²) in [5, 5.41) is 0. The van der Waals surface area contributed by atoms with E-state index in [-0.39, 0.29) is 17.8 Å². The molecule has 0 aromatic heterocycles. The van der Waals surface area contributed by atoms with Crippen LogP contribution in [0.4, 0.5) is 8.78 Å². The Bertz CT molecular complexity index is 1000. The lowest BCUT2D eigenvalue weighted by Gasteiger charge is -2.35. The molecule has 0 aliphatic heterocycles. The average molecular weight is 511 g/mol. The molecule has 0 fully saturated rings. The number of allylic oxidation sites excluding steroid dienone is 2. The van der Waals surface area contributed by atoms with Crippen molar-refractivity contribution in [3.8, 4) is 11.1 Å². The highest BCUT2D eigenvalue weighted by Crippen LogP contribution is 2.38. The number of ether oxygens (including phenoxy) is 2. The molecule has 3 unspecified atom stereocenters. The zero-order valence-electron chi connectivity index (χ0n) is 22.9. The summed E-state index contributed by atoms with van der Waals surface area (Å²) in [5.74, 6) is -2.67. The van der Waals surface area contributed by atoms with Crippen molar-refractivity contribution in [1.82, 2.24) is 0 Å². The van der Waals surface area contributed by atoms with Gasteiger partial charge >= 0.3 is 0 Å². The molecule has 4 heteroatoms. The van der Waals surface area contributed by atoms with E-state index in [2.05, 4.69) is 13.8 Å². The van der Waals surface area contributed by atoms with E-state index in [0.29, 0.717) is 17.7 Å². The van der Waals surface area contributed by atoms with Gasteiger partial charge in [0.15, 0.2) is 5.83 Å². The van der Waals surface area contributed by atoms with Crippen molar-refractivity contribution in [3.05, 3.63) is 84.0 Å². The highest BCUT2D eigenvalue weighted by atomic mass is 19.1. The number of rotatable bonds is 16. The van der Waals surface area contributed by atoms with Gasteiger partial charge in [-0.15, -0.1) is 0 Å². The van der Waals surface area contributed by atoms with Crippen LogP contribution in [0.15, 0.2) is 72.6 Å². The summed E-state index contributed by atoms with van der Waals surface area (Å²) in [6, 6.07) is 14.6. The molecular weight excluding hydrogens is 466 g/mol. The Kier molecular flexibility index (Phi) is 12.0. The second kappa shape index (κ2) is 15.2. The SMILES string of the molecule is CCCCCCCCOC1(OC(C)CCCCC)C=CC(c2ccc(-c3ccccc3)c(F)c2)C=C1F. The second-order valence-corrected chi connectivity index (χ2v) is 10.2. The van der Waals surface area contributed by atoms with Crippen LogP contribution in [-0.4, -0.2) is 18.5 Å². The summed E-state index contributed by atoms with van der Waals surface area (Å²) in [6.07, 6.45) is 15.9. The third-order valence-corrected chi connectivity index (χ3v) is 7.05. The van der Waals surface area contributed by atoms with Gasteiger partial charge < -0.3 is 9.47 Å². The van der Waals surface area contributed by atoms with Crippen molar-refractivity contribution in [2.75, 3.05) is 6.61 Å². The van der Waals surface area contributed by atoms with Crippen molar-refractivity contribution >= 4 is 0 Å². The Hall–Kier alpha value is -2.30. The summed E-state index contributed by atoms with van der Waals surface area (Å²) in [5.41, 5.74) is 2.05. The first kappa shape index (κ1) is 29.3. The zero-order chi connectivity index (χ0) is 26.5. The van der Waals surface area contributed by atoms with E-state index in [9.17, 15) is 4.39 Å². The predicted molar refractivity (Wildman–Crippen MR) is 150 cm³/mol. The molecule has 0 N–H and O–H groups in total. The number of hydrogen-bond donors (Lipinski definition) is 0. The topological polar surface area (TPSA) is 18.5 Å². The van der Waals surface area contributed by atoms with Gasteiger partial charge in [0.25, 0.3) is 0 Å². The average Bonchev–Trinajstić information content (AvgIpc) is 2.90. The first-order chi connectivity index (χ1) is 18.0. The van der Waals surface area contributed by atoms with Crippen LogP contribution in [0.1, 0.15) is 96.5 Å². The Morgan fingerprint density at radius 3 is 2.27 bits per heavy atom. The van der Waals surface area contributed by atoms with Gasteiger partial charge in [-0.25, -0.2) is 8.78 Å². The van der Waals surface area contributed by atoms with Crippen LogP contribution in [0, 0.1) is 5.82 Å². The van der Waals surface area contributed by atoms with E-state index in [1.54, 1.807) is 12.1 Å². The highest BCUT2D eigenvalue weighted by molar-refractivity contribution is 5.64. The molecule has 202 valence electrons. The molecule has 3 atom stereocenters. The molecule has 0 radical (unpaired) electrons. The molecule has 0 saturated carbocycles. The Morgan fingerprint density at radius 1 is 0.865 bits per heavy atom. The summed E-state index contributed by atoms with van der Waals surface area (Å²) in [7, 11) is 0. The monoisotopic (exact) mass is 510 g/mol. The minimum atomic E-state index is -1.51. The third-order valence-electron chi connectivity index (χ3n) is 7.05. The van der Waals surface area contributed by atoms with Crippen molar-refractivity contribution in [2.45, 2.75) is 103 Å². The van der Waals surface area contributed by atoms with E-state index >= 15 is 4.39 Å². The molecule has 1 aliphatic rings. The first-order valence-corrected chi connectivity index (χ1v) is 14.2. The number of halogens is 2. The molecule has 1 aliphatic carbocycles. The molecule has 3 rings (SSSR count). The van der Waals surface area contributed by atoms with Gasteiger partial charge in [-0.05, 0) is 49.1 Å². The van der Waals surface area contributed by atoms with Gasteiger partial charge in [-0.2, -0.15) is 0 Å². The summed E-state index contributed by atoms with van der Waals surface area (Å²) < 4.78 is 43.1. The standard InChI is InChI=1S/C33H44F2O2/c1-4-6-8-9-10-15-23-36-33(37-26(3)16-12-7-5-2)22-21-29(25-32(33)35)28-19-20-30(31(34)24-28)27-17-13-11-14-18-27/h11,13-14,17-22,24-26,29H,4-10,12,15-16,23H2,1-3H3.